The second-order valence-electron chi connectivity index (χ2n) is 11.5. The molecule has 6 aromatic carbocycles. The molecule has 2 nitrogen and oxygen atoms in total. The molecular weight excluding hydrogens is 536 g/mol. The third kappa shape index (κ3) is 5.03. The van der Waals surface area contributed by atoms with Crippen molar-refractivity contribution in [1.29, 1.82) is 0 Å². The van der Waals surface area contributed by atoms with Crippen LogP contribution < -0.4 is 9.47 Å². The maximum Gasteiger partial charge on any atom is 0.135 e. The first-order valence-corrected chi connectivity index (χ1v) is 16.0. The van der Waals surface area contributed by atoms with Gasteiger partial charge in [0.05, 0.1) is 14.2 Å². The van der Waals surface area contributed by atoms with E-state index in [9.17, 15) is 0 Å². The molecule has 0 aliphatic heterocycles. The normalized spacial score (nSPS) is 11.3. The molecule has 6 aromatic rings. The van der Waals surface area contributed by atoms with Crippen LogP contribution in [0.15, 0.2) is 97.1 Å². The number of ether oxygens (including phenoxy) is 2. The van der Waals surface area contributed by atoms with E-state index in [1.807, 2.05) is 0 Å². The van der Waals surface area contributed by atoms with Gasteiger partial charge in [-0.3, -0.25) is 0 Å². The predicted octanol–water partition coefficient (Wildman–Crippen LogP) is 11.3. The van der Waals surface area contributed by atoms with Gasteiger partial charge in [0.15, 0.2) is 0 Å². The van der Waals surface area contributed by atoms with Gasteiger partial charge in [0.2, 0.25) is 0 Å². The number of hydrogen-bond donors (Lipinski definition) is 0. The summed E-state index contributed by atoms with van der Waals surface area (Å²) in [6.45, 7) is 8.91. The monoisotopic (exact) mass is 578 g/mol. The van der Waals surface area contributed by atoms with Gasteiger partial charge >= 0.3 is 0 Å². The maximum absolute atomic E-state index is 6.46. The van der Waals surface area contributed by atoms with Crippen LogP contribution in [0.4, 0.5) is 0 Å². The summed E-state index contributed by atoms with van der Waals surface area (Å²) in [5.41, 5.74) is 12.2. The molecule has 2 heteroatoms. The minimum absolute atomic E-state index is 0.875. The van der Waals surface area contributed by atoms with E-state index in [-0.39, 0.29) is 0 Å². The van der Waals surface area contributed by atoms with E-state index >= 15 is 0 Å². The Morgan fingerprint density at radius 2 is 0.841 bits per heavy atom. The molecule has 0 atom stereocenters. The Kier molecular flexibility index (Phi) is 8.44. The van der Waals surface area contributed by atoms with Gasteiger partial charge in [-0.05, 0) is 92.7 Å². The van der Waals surface area contributed by atoms with Crippen LogP contribution >= 0.6 is 0 Å². The summed E-state index contributed by atoms with van der Waals surface area (Å²) in [7, 11) is 3.61. The Labute approximate surface area is 262 Å². The first kappa shape index (κ1) is 29.5. The van der Waals surface area contributed by atoms with Crippen molar-refractivity contribution in [2.24, 2.45) is 0 Å². The summed E-state index contributed by atoms with van der Waals surface area (Å²) in [5.74, 6) is 1.75. The molecule has 222 valence electrons. The smallest absolute Gasteiger partial charge is 0.135 e. The third-order valence-electron chi connectivity index (χ3n) is 9.16. The number of aryl methyl sites for hydroxylation is 4. The molecular formula is C42H42O2. The molecule has 44 heavy (non-hydrogen) atoms. The minimum atomic E-state index is 0.875. The van der Waals surface area contributed by atoms with Crippen molar-refractivity contribution in [2.45, 2.75) is 53.4 Å². The lowest BCUT2D eigenvalue weighted by molar-refractivity contribution is 0.413. The Morgan fingerprint density at radius 3 is 1.20 bits per heavy atom. The molecule has 0 unspecified atom stereocenters. The highest BCUT2D eigenvalue weighted by Gasteiger charge is 2.26. The minimum Gasteiger partial charge on any atom is -0.495 e. The molecule has 0 bridgehead atoms. The maximum atomic E-state index is 6.46. The fraction of sp³-hybridized carbons (Fsp3) is 0.238. The van der Waals surface area contributed by atoms with Crippen molar-refractivity contribution in [3.8, 4) is 44.9 Å². The zero-order valence-electron chi connectivity index (χ0n) is 26.9. The summed E-state index contributed by atoms with van der Waals surface area (Å²) < 4.78 is 12.9. The van der Waals surface area contributed by atoms with Gasteiger partial charge in [-0.15, -0.1) is 0 Å². The lowest BCUT2D eigenvalue weighted by Gasteiger charge is -2.24. The highest BCUT2D eigenvalue weighted by Crippen LogP contribution is 2.52. The number of hydrogen-bond acceptors (Lipinski definition) is 2. The summed E-state index contributed by atoms with van der Waals surface area (Å²) in [5, 5.41) is 4.65. The lowest BCUT2D eigenvalue weighted by atomic mass is 9.84. The van der Waals surface area contributed by atoms with Crippen LogP contribution in [0.25, 0.3) is 54.9 Å². The van der Waals surface area contributed by atoms with Gasteiger partial charge in [-0.25, -0.2) is 0 Å². The van der Waals surface area contributed by atoms with E-state index in [0.717, 1.165) is 70.2 Å². The Morgan fingerprint density at radius 1 is 0.432 bits per heavy atom. The van der Waals surface area contributed by atoms with Gasteiger partial charge < -0.3 is 9.47 Å². The quantitative estimate of drug-likeness (QED) is 0.170. The molecule has 0 radical (unpaired) electrons. The molecule has 0 fully saturated rings. The SMILES string of the molecule is CCc1ccc(-c2cc3ccccc3c(-c3c(OC)c(-c4ccc(CC)cc4CC)cc4ccccc34)c2OC)c(CC)c1. The van der Waals surface area contributed by atoms with Crippen LogP contribution in [0.2, 0.25) is 0 Å². The third-order valence-corrected chi connectivity index (χ3v) is 9.16. The molecule has 0 saturated carbocycles. The molecule has 0 aromatic heterocycles. The van der Waals surface area contributed by atoms with Gasteiger partial charge in [-0.1, -0.05) is 113 Å². The fourth-order valence-corrected chi connectivity index (χ4v) is 6.82. The van der Waals surface area contributed by atoms with Gasteiger partial charge in [-0.2, -0.15) is 0 Å². The summed E-state index contributed by atoms with van der Waals surface area (Å²) >= 11 is 0. The average molecular weight is 579 g/mol. The predicted molar refractivity (Wildman–Crippen MR) is 188 cm³/mol. The summed E-state index contributed by atoms with van der Waals surface area (Å²) in [4.78, 5) is 0. The van der Waals surface area contributed by atoms with Crippen LogP contribution in [0.3, 0.4) is 0 Å². The molecule has 6 rings (SSSR count). The zero-order valence-corrected chi connectivity index (χ0v) is 26.9. The molecule has 0 amide bonds. The zero-order chi connectivity index (χ0) is 30.8. The molecule has 0 spiro atoms. The van der Waals surface area contributed by atoms with E-state index < -0.39 is 0 Å². The lowest BCUT2D eigenvalue weighted by Crippen LogP contribution is -2.01. The highest BCUT2D eigenvalue weighted by atomic mass is 16.5. The second kappa shape index (κ2) is 12.6. The van der Waals surface area contributed by atoms with Gasteiger partial charge in [0, 0.05) is 22.3 Å². The number of rotatable bonds is 9. The average Bonchev–Trinajstić information content (AvgIpc) is 3.09. The van der Waals surface area contributed by atoms with Crippen LogP contribution in [0, 0.1) is 0 Å². The summed E-state index contributed by atoms with van der Waals surface area (Å²) in [6, 6.07) is 35.7. The Hall–Kier alpha value is -4.56. The van der Waals surface area contributed by atoms with Gasteiger partial charge in [0.1, 0.15) is 11.5 Å². The molecule has 0 aliphatic rings. The van der Waals surface area contributed by atoms with E-state index in [2.05, 4.69) is 125 Å². The van der Waals surface area contributed by atoms with Crippen LogP contribution in [-0.4, -0.2) is 14.2 Å². The van der Waals surface area contributed by atoms with Crippen molar-refractivity contribution in [3.05, 3.63) is 119 Å². The number of benzene rings is 6. The fourth-order valence-electron chi connectivity index (χ4n) is 6.82. The van der Waals surface area contributed by atoms with Crippen molar-refractivity contribution >= 4 is 21.5 Å². The highest BCUT2D eigenvalue weighted by molar-refractivity contribution is 6.14. The standard InChI is InChI=1S/C42H42O2/c1-7-27-19-21-33(29(9-3)23-27)37-25-31-15-11-13-17-35(31)39(41(37)43-5)40-36-18-14-12-16-32(36)26-38(42(40)44-6)34-22-20-28(8-2)24-30(34)10-4/h11-26H,7-10H2,1-6H3. The summed E-state index contributed by atoms with van der Waals surface area (Å²) in [6.07, 6.45) is 3.93. The molecule has 0 saturated heterocycles. The van der Waals surface area contributed by atoms with Crippen LogP contribution in [-0.2, 0) is 25.7 Å². The van der Waals surface area contributed by atoms with E-state index in [4.69, 9.17) is 9.47 Å². The first-order chi connectivity index (χ1) is 21.6. The van der Waals surface area contributed by atoms with Gasteiger partial charge in [0.25, 0.3) is 0 Å². The van der Waals surface area contributed by atoms with Crippen molar-refractivity contribution < 1.29 is 9.47 Å². The second-order valence-corrected chi connectivity index (χ2v) is 11.5. The Balaban J connectivity index is 1.78. The van der Waals surface area contributed by atoms with E-state index in [1.165, 1.54) is 44.2 Å². The van der Waals surface area contributed by atoms with Crippen molar-refractivity contribution in [3.63, 3.8) is 0 Å². The number of fused-ring (bicyclic) bond motifs is 2. The number of methoxy groups -OCH3 is 2. The van der Waals surface area contributed by atoms with Crippen LogP contribution in [0.5, 0.6) is 11.5 Å². The largest absolute Gasteiger partial charge is 0.495 e. The Bertz CT molecular complexity index is 1840. The van der Waals surface area contributed by atoms with E-state index in [0.29, 0.717) is 0 Å². The molecule has 0 heterocycles. The first-order valence-electron chi connectivity index (χ1n) is 16.0. The van der Waals surface area contributed by atoms with E-state index in [1.54, 1.807) is 14.2 Å². The van der Waals surface area contributed by atoms with Crippen molar-refractivity contribution in [1.82, 2.24) is 0 Å². The molecule has 0 aliphatic carbocycles. The topological polar surface area (TPSA) is 18.5 Å². The molecule has 0 N–H and O–H groups in total. The van der Waals surface area contributed by atoms with Crippen LogP contribution in [0.1, 0.15) is 49.9 Å². The van der Waals surface area contributed by atoms with Crippen molar-refractivity contribution in [2.75, 3.05) is 14.2 Å².